The van der Waals surface area contributed by atoms with Gasteiger partial charge in [0, 0.05) is 29.5 Å². The van der Waals surface area contributed by atoms with Crippen molar-refractivity contribution < 1.29 is 43.9 Å². The lowest BCUT2D eigenvalue weighted by atomic mass is 10.0. The van der Waals surface area contributed by atoms with Crippen LogP contribution in [0, 0.1) is 0 Å². The number of carbonyl (C=O) groups is 4. The van der Waals surface area contributed by atoms with E-state index < -0.39 is 47.0 Å². The van der Waals surface area contributed by atoms with Crippen LogP contribution in [0.25, 0.3) is 0 Å². The zero-order valence-electron chi connectivity index (χ0n) is 23.8. The maximum atomic E-state index is 13.3. The Hall–Kier alpha value is -4.72. The summed E-state index contributed by atoms with van der Waals surface area (Å²) < 4.78 is 3.33. The van der Waals surface area contributed by atoms with Crippen LogP contribution in [0.1, 0.15) is 12.6 Å². The number of aliphatic hydroxyl groups excluding tert-OH is 1. The van der Waals surface area contributed by atoms with Crippen LogP contribution in [0.4, 0.5) is 16.6 Å². The number of aliphatic carboxylic acids is 2. The summed E-state index contributed by atoms with van der Waals surface area (Å²) in [4.78, 5) is 59.9. The maximum Gasteiger partial charge on any atom is 0.347 e. The summed E-state index contributed by atoms with van der Waals surface area (Å²) in [6.07, 6.45) is 3.65. The molecule has 3 atom stereocenters. The molecule has 46 heavy (non-hydrogen) atoms. The standard InChI is InChI=1S/C26H26ClN9O8S2/c1-12(24(40)41)44-33-17(16-20(27)46-26(28)32-16)21(38)31-18-22(39)36-19(25(42)43)13(11-45-23(18)36)10-34-6-3-14(4-7-34)30-15-2-5-29-35(15)8-9-37/h2-7,12,18,23,37H,8-11H2,1H3,(H5,28,31,32,38,40,41,42,43)/b33-17-/t12-,18?,23?/m0/s1. The van der Waals surface area contributed by atoms with Crippen molar-refractivity contribution >= 4 is 80.8 Å². The van der Waals surface area contributed by atoms with E-state index in [0.29, 0.717) is 17.9 Å². The van der Waals surface area contributed by atoms with E-state index in [1.54, 1.807) is 46.0 Å². The maximum absolute atomic E-state index is 13.3. The van der Waals surface area contributed by atoms with Gasteiger partial charge in [-0.1, -0.05) is 28.1 Å². The predicted molar refractivity (Wildman–Crippen MR) is 163 cm³/mol. The second-order valence-corrected chi connectivity index (χ2v) is 12.6. The van der Waals surface area contributed by atoms with Crippen molar-refractivity contribution in [3.05, 3.63) is 58.1 Å². The number of aliphatic hydroxyl groups is 1. The highest BCUT2D eigenvalue weighted by Crippen LogP contribution is 2.40. The number of carboxylic acids is 2. The first-order valence-corrected chi connectivity index (χ1v) is 15.7. The first-order valence-electron chi connectivity index (χ1n) is 13.4. The Bertz CT molecular complexity index is 1740. The van der Waals surface area contributed by atoms with Crippen molar-refractivity contribution in [3.8, 4) is 0 Å². The van der Waals surface area contributed by atoms with Gasteiger partial charge in [-0.25, -0.2) is 19.0 Å². The number of amides is 2. The van der Waals surface area contributed by atoms with Crippen LogP contribution in [0.3, 0.4) is 0 Å². The minimum absolute atomic E-state index is 0.00561. The number of carbonyl (C=O) groups excluding carboxylic acids is 3. The van der Waals surface area contributed by atoms with Gasteiger partial charge in [0.05, 0.1) is 36.7 Å². The molecule has 5 heterocycles. The lowest BCUT2D eigenvalue weighted by molar-refractivity contribution is -0.689. The molecule has 0 saturated carbocycles. The molecule has 2 unspecified atom stereocenters. The zero-order valence-corrected chi connectivity index (χ0v) is 26.2. The number of carboxylic acid groups (broad SMARTS) is 2. The number of nitrogen functional groups attached to an aromatic ring is 1. The number of nitrogens with zero attached hydrogens (tertiary/aromatic N) is 6. The van der Waals surface area contributed by atoms with Crippen LogP contribution >= 0.6 is 34.7 Å². The Balaban J connectivity index is 1.30. The molecular weight excluding hydrogens is 666 g/mol. The highest BCUT2D eigenvalue weighted by atomic mass is 35.5. The Morgan fingerprint density at radius 3 is 2.70 bits per heavy atom. The van der Waals surface area contributed by atoms with Gasteiger partial charge in [-0.2, -0.15) is 5.10 Å². The van der Waals surface area contributed by atoms with Gasteiger partial charge in [0.25, 0.3) is 11.8 Å². The zero-order chi connectivity index (χ0) is 33.1. The topological polar surface area (TPSA) is 241 Å². The van der Waals surface area contributed by atoms with Gasteiger partial charge in [0.15, 0.2) is 29.8 Å². The van der Waals surface area contributed by atoms with E-state index in [0.717, 1.165) is 21.9 Å². The number of thioether (sulfide) groups is 1. The molecule has 0 aliphatic carbocycles. The van der Waals surface area contributed by atoms with Crippen LogP contribution in [-0.2, 0) is 37.1 Å². The van der Waals surface area contributed by atoms with Crippen LogP contribution < -0.4 is 26.0 Å². The van der Waals surface area contributed by atoms with Crippen molar-refractivity contribution in [2.75, 3.05) is 23.4 Å². The number of oxime groups is 1. The van der Waals surface area contributed by atoms with Crippen molar-refractivity contribution in [1.82, 2.24) is 25.0 Å². The molecule has 5 rings (SSSR count). The minimum Gasteiger partial charge on any atom is -0.543 e. The summed E-state index contributed by atoms with van der Waals surface area (Å²) in [7, 11) is 0. The molecule has 6 N–H and O–H groups in total. The van der Waals surface area contributed by atoms with Crippen molar-refractivity contribution in [2.24, 2.45) is 5.16 Å². The van der Waals surface area contributed by atoms with Gasteiger partial charge in [0.1, 0.15) is 27.3 Å². The molecule has 0 bridgehead atoms. The molecule has 242 valence electrons. The number of pyridine rings is 1. The highest BCUT2D eigenvalue weighted by Gasteiger charge is 2.53. The molecule has 3 aromatic rings. The third-order valence-corrected chi connectivity index (χ3v) is 9.21. The number of hydrogen-bond acceptors (Lipinski definition) is 14. The van der Waals surface area contributed by atoms with Crippen LogP contribution in [0.2, 0.25) is 4.34 Å². The molecule has 0 aromatic carbocycles. The van der Waals surface area contributed by atoms with Gasteiger partial charge < -0.3 is 41.3 Å². The van der Waals surface area contributed by atoms with Gasteiger partial charge in [-0.15, -0.1) is 11.8 Å². The normalized spacial score (nSPS) is 18.5. The van der Waals surface area contributed by atoms with E-state index in [-0.39, 0.29) is 39.8 Å². The molecule has 0 radical (unpaired) electrons. The second kappa shape index (κ2) is 13.7. The number of halogens is 1. The molecule has 17 nitrogen and oxygen atoms in total. The number of fused-ring (bicyclic) bond motifs is 1. The summed E-state index contributed by atoms with van der Waals surface area (Å²) in [6.45, 7) is 1.59. The number of nitrogens with two attached hydrogens (primary N) is 1. The summed E-state index contributed by atoms with van der Waals surface area (Å²) in [5, 5.41) is 43.2. The summed E-state index contributed by atoms with van der Waals surface area (Å²) >= 11 is 8.24. The van der Waals surface area contributed by atoms with Gasteiger partial charge >= 0.3 is 5.97 Å². The predicted octanol–water partition coefficient (Wildman–Crippen LogP) is -1.10. The number of anilines is 3. The van der Waals surface area contributed by atoms with Crippen molar-refractivity contribution in [2.45, 2.75) is 37.5 Å². The van der Waals surface area contributed by atoms with Crippen molar-refractivity contribution in [1.29, 1.82) is 0 Å². The third kappa shape index (κ3) is 6.76. The summed E-state index contributed by atoms with van der Waals surface area (Å²) in [5.41, 5.74) is 5.87. The minimum atomic E-state index is -1.54. The van der Waals surface area contributed by atoms with E-state index in [1.807, 2.05) is 0 Å². The summed E-state index contributed by atoms with van der Waals surface area (Å²) in [5.74, 6) is -3.66. The lowest BCUT2D eigenvalue weighted by Gasteiger charge is -2.50. The number of aromatic nitrogens is 4. The van der Waals surface area contributed by atoms with Gasteiger partial charge in [0.2, 0.25) is 6.10 Å². The highest BCUT2D eigenvalue weighted by molar-refractivity contribution is 8.00. The fourth-order valence-electron chi connectivity index (χ4n) is 4.56. The molecule has 1 fully saturated rings. The van der Waals surface area contributed by atoms with E-state index in [4.69, 9.17) is 27.3 Å². The quantitative estimate of drug-likeness (QED) is 0.0619. The first kappa shape index (κ1) is 32.7. The largest absolute Gasteiger partial charge is 0.543 e. The average Bonchev–Trinajstić information content (AvgIpc) is 3.60. The smallest absolute Gasteiger partial charge is 0.347 e. The SMILES string of the molecule is C[C@H](O/N=C(\C(=O)NC1C(=O)N2C(C(=O)[O-])=C(C[n+]3ccc(Nc4ccnn4CCO)cc3)CSC12)c1nc(N)sc1Cl)C(=O)O. The Kier molecular flexibility index (Phi) is 9.75. The number of hydrogen-bond donors (Lipinski definition) is 5. The lowest BCUT2D eigenvalue weighted by Crippen LogP contribution is -2.71. The third-order valence-electron chi connectivity index (χ3n) is 6.78. The van der Waals surface area contributed by atoms with Crippen molar-refractivity contribution in [3.63, 3.8) is 0 Å². The number of nitrogens with one attached hydrogen (secondary N) is 2. The molecule has 2 aliphatic rings. The summed E-state index contributed by atoms with van der Waals surface area (Å²) in [6, 6.07) is 4.16. The monoisotopic (exact) mass is 691 g/mol. The molecule has 2 aliphatic heterocycles. The molecule has 0 spiro atoms. The fraction of sp³-hybridized carbons (Fsp3) is 0.308. The average molecular weight is 692 g/mol. The fourth-order valence-corrected chi connectivity index (χ4v) is 6.82. The number of β-lactam (4-membered cyclic amide) rings is 1. The van der Waals surface area contributed by atoms with E-state index >= 15 is 0 Å². The van der Waals surface area contributed by atoms with E-state index in [1.165, 1.54) is 18.7 Å². The Morgan fingerprint density at radius 2 is 2.07 bits per heavy atom. The second-order valence-electron chi connectivity index (χ2n) is 9.85. The van der Waals surface area contributed by atoms with Gasteiger partial charge in [-0.3, -0.25) is 14.5 Å². The molecule has 3 aromatic heterocycles. The van der Waals surface area contributed by atoms with Crippen LogP contribution in [-0.4, -0.2) is 89.2 Å². The van der Waals surface area contributed by atoms with E-state index in [9.17, 15) is 29.4 Å². The first-order chi connectivity index (χ1) is 22.0. The Morgan fingerprint density at radius 1 is 1.33 bits per heavy atom. The van der Waals surface area contributed by atoms with Gasteiger partial charge in [-0.05, 0) is 6.92 Å². The van der Waals surface area contributed by atoms with E-state index in [2.05, 4.69) is 25.9 Å². The number of thiazole rings is 1. The van der Waals surface area contributed by atoms with Crippen LogP contribution in [0.5, 0.6) is 0 Å². The Labute approximate surface area is 273 Å². The molecule has 1 saturated heterocycles. The van der Waals surface area contributed by atoms with Crippen LogP contribution in [0.15, 0.2) is 53.2 Å². The molecule has 2 amide bonds. The number of rotatable bonds is 13. The molecule has 20 heteroatoms. The molecular formula is C26H26ClN9O8S2.